The third kappa shape index (κ3) is 3.22. The highest BCUT2D eigenvalue weighted by molar-refractivity contribution is 7.90. The lowest BCUT2D eigenvalue weighted by molar-refractivity contribution is 0.326. The van der Waals surface area contributed by atoms with Gasteiger partial charge in [0.1, 0.15) is 11.7 Å². The molecule has 8 heteroatoms. The molecule has 1 aliphatic rings. The number of nitrogens with zero attached hydrogens (tertiary/aromatic N) is 4. The van der Waals surface area contributed by atoms with Gasteiger partial charge in [-0.15, -0.1) is 0 Å². The van der Waals surface area contributed by atoms with E-state index in [0.29, 0.717) is 31.6 Å². The Morgan fingerprint density at radius 2 is 2.30 bits per heavy atom. The highest BCUT2D eigenvalue weighted by Gasteiger charge is 2.32. The molecular formula is C15H19N5O2S. The van der Waals surface area contributed by atoms with Crippen molar-refractivity contribution in [3.05, 3.63) is 35.8 Å². The van der Waals surface area contributed by atoms with Gasteiger partial charge in [-0.3, -0.25) is 4.90 Å². The molecule has 23 heavy (non-hydrogen) atoms. The fourth-order valence-corrected chi connectivity index (χ4v) is 4.42. The summed E-state index contributed by atoms with van der Waals surface area (Å²) < 4.78 is 28.6. The van der Waals surface area contributed by atoms with Crippen LogP contribution in [0.4, 0.5) is 0 Å². The Morgan fingerprint density at radius 3 is 3.04 bits per heavy atom. The Labute approximate surface area is 135 Å². The number of likely N-dealkylation sites (tertiary alicyclic amines) is 1. The zero-order valence-corrected chi connectivity index (χ0v) is 13.8. The summed E-state index contributed by atoms with van der Waals surface area (Å²) in [4.78, 5) is 6.44. The molecule has 1 aliphatic heterocycles. The molecule has 0 bridgehead atoms. The molecule has 3 rings (SSSR count). The predicted molar refractivity (Wildman–Crippen MR) is 86.2 cm³/mol. The molecule has 0 spiro atoms. The number of aromatic nitrogens is 2. The van der Waals surface area contributed by atoms with Crippen molar-refractivity contribution in [3.8, 4) is 6.07 Å². The number of nitrogens with one attached hydrogen (secondary N) is 1. The summed E-state index contributed by atoms with van der Waals surface area (Å²) in [6.45, 7) is 4.08. The molecule has 0 radical (unpaired) electrons. The van der Waals surface area contributed by atoms with Gasteiger partial charge < -0.3 is 4.40 Å². The second-order valence-electron chi connectivity index (χ2n) is 5.70. The molecule has 1 atom stereocenters. The number of fused-ring (bicyclic) bond motifs is 1. The second kappa shape index (κ2) is 6.28. The molecule has 2 aromatic heterocycles. The molecule has 0 saturated carbocycles. The number of rotatable bonds is 5. The topological polar surface area (TPSA) is 90.5 Å². The van der Waals surface area contributed by atoms with E-state index < -0.39 is 10.0 Å². The van der Waals surface area contributed by atoms with Gasteiger partial charge in [0.25, 0.3) is 0 Å². The average molecular weight is 333 g/mol. The van der Waals surface area contributed by atoms with E-state index in [1.807, 2.05) is 10.5 Å². The van der Waals surface area contributed by atoms with Crippen molar-refractivity contribution in [2.45, 2.75) is 25.1 Å². The first-order valence-corrected chi connectivity index (χ1v) is 9.15. The molecule has 2 aromatic rings. The molecule has 0 amide bonds. The van der Waals surface area contributed by atoms with Crippen LogP contribution in [0.15, 0.2) is 24.5 Å². The van der Waals surface area contributed by atoms with Crippen molar-refractivity contribution in [1.29, 1.82) is 5.26 Å². The van der Waals surface area contributed by atoms with Gasteiger partial charge in [-0.25, -0.2) is 18.1 Å². The van der Waals surface area contributed by atoms with Gasteiger partial charge in [0, 0.05) is 25.8 Å². The summed E-state index contributed by atoms with van der Waals surface area (Å²) in [5.74, 6) is 0. The van der Waals surface area contributed by atoms with Crippen molar-refractivity contribution in [3.63, 3.8) is 0 Å². The second-order valence-corrected chi connectivity index (χ2v) is 7.74. The Kier molecular flexibility index (Phi) is 4.35. The summed E-state index contributed by atoms with van der Waals surface area (Å²) in [6, 6.07) is 5.67. The van der Waals surface area contributed by atoms with Gasteiger partial charge in [0.2, 0.25) is 10.0 Å². The molecule has 0 unspecified atom stereocenters. The molecule has 1 fully saturated rings. The van der Waals surface area contributed by atoms with Crippen LogP contribution < -0.4 is 4.72 Å². The lowest BCUT2D eigenvalue weighted by Crippen LogP contribution is -2.36. The minimum atomic E-state index is -3.23. The standard InChI is InChI=1S/C15H19N5O2S/c1-2-18-23(21,22)14-5-6-19(11-14)10-13-8-17-15-4-3-12(7-16)9-20(13)15/h3-4,8-9,14,18H,2,5-6,10-11H2,1H3/t14-/m0/s1. The van der Waals surface area contributed by atoms with Gasteiger partial charge in [-0.2, -0.15) is 5.26 Å². The first kappa shape index (κ1) is 15.9. The van der Waals surface area contributed by atoms with E-state index in [9.17, 15) is 8.42 Å². The van der Waals surface area contributed by atoms with Gasteiger partial charge in [0.05, 0.1) is 22.7 Å². The van der Waals surface area contributed by atoms with Crippen LogP contribution in [-0.4, -0.2) is 47.6 Å². The maximum absolute atomic E-state index is 12.1. The minimum absolute atomic E-state index is 0.365. The van der Waals surface area contributed by atoms with Crippen LogP contribution in [-0.2, 0) is 16.6 Å². The Morgan fingerprint density at radius 1 is 1.48 bits per heavy atom. The number of pyridine rings is 1. The average Bonchev–Trinajstić information content (AvgIpc) is 3.15. The third-order valence-electron chi connectivity index (χ3n) is 4.11. The lowest BCUT2D eigenvalue weighted by Gasteiger charge is -2.16. The van der Waals surface area contributed by atoms with E-state index in [4.69, 9.17) is 5.26 Å². The Bertz CT molecular complexity index is 852. The maximum Gasteiger partial charge on any atom is 0.215 e. The normalized spacial score (nSPS) is 19.2. The fourth-order valence-electron chi connectivity index (χ4n) is 2.96. The Balaban J connectivity index is 1.75. The van der Waals surface area contributed by atoms with Crippen LogP contribution in [0.5, 0.6) is 0 Å². The van der Waals surface area contributed by atoms with E-state index in [-0.39, 0.29) is 5.25 Å². The molecular weight excluding hydrogens is 314 g/mol. The van der Waals surface area contributed by atoms with Crippen LogP contribution in [0.3, 0.4) is 0 Å². The predicted octanol–water partition coefficient (Wildman–Crippen LogP) is 0.720. The van der Waals surface area contributed by atoms with E-state index in [1.54, 1.807) is 25.4 Å². The summed E-state index contributed by atoms with van der Waals surface area (Å²) in [5.41, 5.74) is 2.32. The van der Waals surface area contributed by atoms with Crippen LogP contribution in [0, 0.1) is 11.3 Å². The van der Waals surface area contributed by atoms with Crippen molar-refractivity contribution >= 4 is 15.7 Å². The Hall–Kier alpha value is -1.95. The van der Waals surface area contributed by atoms with Gasteiger partial charge in [-0.1, -0.05) is 6.92 Å². The van der Waals surface area contributed by atoms with E-state index >= 15 is 0 Å². The summed E-state index contributed by atoms with van der Waals surface area (Å²) in [7, 11) is -3.23. The van der Waals surface area contributed by atoms with E-state index in [0.717, 1.165) is 17.9 Å². The SMILES string of the molecule is CCNS(=O)(=O)[C@H]1CCN(Cc2cnc3ccc(C#N)cn23)C1. The van der Waals surface area contributed by atoms with Crippen molar-refractivity contribution in [2.75, 3.05) is 19.6 Å². The molecule has 0 aromatic carbocycles. The molecule has 0 aliphatic carbocycles. The van der Waals surface area contributed by atoms with Crippen LogP contribution in [0.25, 0.3) is 5.65 Å². The zero-order valence-electron chi connectivity index (χ0n) is 12.9. The number of imidazole rings is 1. The van der Waals surface area contributed by atoms with Gasteiger partial charge in [-0.05, 0) is 25.1 Å². The lowest BCUT2D eigenvalue weighted by atomic mass is 10.3. The van der Waals surface area contributed by atoms with E-state index in [1.165, 1.54) is 0 Å². The molecule has 7 nitrogen and oxygen atoms in total. The zero-order chi connectivity index (χ0) is 16.4. The van der Waals surface area contributed by atoms with Crippen molar-refractivity contribution in [1.82, 2.24) is 19.0 Å². The third-order valence-corrected chi connectivity index (χ3v) is 6.06. The van der Waals surface area contributed by atoms with Crippen molar-refractivity contribution in [2.24, 2.45) is 0 Å². The number of hydrogen-bond donors (Lipinski definition) is 1. The molecule has 122 valence electrons. The molecule has 1 saturated heterocycles. The van der Waals surface area contributed by atoms with Crippen molar-refractivity contribution < 1.29 is 8.42 Å². The summed E-state index contributed by atoms with van der Waals surface area (Å²) >= 11 is 0. The number of sulfonamides is 1. The fraction of sp³-hybridized carbons (Fsp3) is 0.467. The first-order valence-electron chi connectivity index (χ1n) is 7.60. The quantitative estimate of drug-likeness (QED) is 0.871. The summed E-state index contributed by atoms with van der Waals surface area (Å²) in [6.07, 6.45) is 4.18. The number of hydrogen-bond acceptors (Lipinski definition) is 5. The van der Waals surface area contributed by atoms with Gasteiger partial charge in [0.15, 0.2) is 0 Å². The van der Waals surface area contributed by atoms with Gasteiger partial charge >= 0.3 is 0 Å². The minimum Gasteiger partial charge on any atom is -0.301 e. The van der Waals surface area contributed by atoms with Crippen LogP contribution in [0.1, 0.15) is 24.6 Å². The largest absolute Gasteiger partial charge is 0.301 e. The highest BCUT2D eigenvalue weighted by atomic mass is 32.2. The highest BCUT2D eigenvalue weighted by Crippen LogP contribution is 2.19. The van der Waals surface area contributed by atoms with E-state index in [2.05, 4.69) is 20.7 Å². The summed E-state index contributed by atoms with van der Waals surface area (Å²) in [5, 5.41) is 8.65. The van der Waals surface area contributed by atoms with Crippen LogP contribution >= 0.6 is 0 Å². The monoisotopic (exact) mass is 333 g/mol. The first-order chi connectivity index (χ1) is 11.0. The smallest absolute Gasteiger partial charge is 0.215 e. The maximum atomic E-state index is 12.1. The molecule has 1 N–H and O–H groups in total. The molecule has 3 heterocycles. The number of nitriles is 1. The van der Waals surface area contributed by atoms with Crippen LogP contribution in [0.2, 0.25) is 0 Å².